The summed E-state index contributed by atoms with van der Waals surface area (Å²) in [4.78, 5) is 35.4. The van der Waals surface area contributed by atoms with Crippen LogP contribution >= 0.6 is 0 Å². The van der Waals surface area contributed by atoms with E-state index in [1.54, 1.807) is 13.0 Å². The minimum Gasteiger partial charge on any atom is -0.504 e. The van der Waals surface area contributed by atoms with Crippen molar-refractivity contribution in [3.05, 3.63) is 81.7 Å². The molecule has 3 atom stereocenters. The molecule has 1 amide bonds. The van der Waals surface area contributed by atoms with Gasteiger partial charge in [0.1, 0.15) is 18.2 Å². The first-order valence-electron chi connectivity index (χ1n) is 13.5. The van der Waals surface area contributed by atoms with Crippen molar-refractivity contribution >= 4 is 17.6 Å². The quantitative estimate of drug-likeness (QED) is 0.415. The molecule has 1 fully saturated rings. The summed E-state index contributed by atoms with van der Waals surface area (Å²) in [5.41, 5.74) is 3.36. The zero-order chi connectivity index (χ0) is 28.3. The lowest BCUT2D eigenvalue weighted by atomic mass is 9.52. The van der Waals surface area contributed by atoms with Crippen molar-refractivity contribution in [1.82, 2.24) is 15.3 Å². The zero-order valence-corrected chi connectivity index (χ0v) is 22.3. The first-order chi connectivity index (χ1) is 19.2. The normalized spacial score (nSPS) is 25.1. The van der Waals surface area contributed by atoms with Crippen molar-refractivity contribution < 1.29 is 29.3 Å². The fourth-order valence-corrected chi connectivity index (χ4v) is 7.44. The molecule has 9 rings (SSSR count). The second-order valence-corrected chi connectivity index (χ2v) is 11.1. The third-order valence-corrected chi connectivity index (χ3v) is 9.20. The lowest BCUT2D eigenvalue weighted by molar-refractivity contribution is -0.135. The number of benzene rings is 1. The second kappa shape index (κ2) is 9.55. The van der Waals surface area contributed by atoms with E-state index in [1.807, 2.05) is 31.2 Å². The number of aryl methyl sites for hydroxylation is 1. The maximum absolute atomic E-state index is 15.3. The summed E-state index contributed by atoms with van der Waals surface area (Å²) in [7, 11) is 0. The molecule has 4 N–H and O–H groups in total. The van der Waals surface area contributed by atoms with Crippen LogP contribution in [0.3, 0.4) is 0 Å². The van der Waals surface area contributed by atoms with E-state index in [9.17, 15) is 19.8 Å². The molecule has 1 aromatic heterocycles. The summed E-state index contributed by atoms with van der Waals surface area (Å²) in [6.45, 7) is 4.35. The van der Waals surface area contributed by atoms with Crippen LogP contribution in [0.5, 0.6) is 5.75 Å². The molecule has 40 heavy (non-hydrogen) atoms. The molecular weight excluding hydrogens is 515 g/mol. The SMILES string of the molecule is Cc1nc(C(C)C2(C3C4=CC(F)=C3C=C4)c3ccc(c(CO)c3)N3CCC2CC3)nc(C(=O)NCC(=O)O)c1O. The van der Waals surface area contributed by atoms with Crippen LogP contribution in [-0.2, 0) is 16.8 Å². The Hall–Kier alpha value is -4.05. The van der Waals surface area contributed by atoms with Gasteiger partial charge in [0.05, 0.1) is 12.3 Å². The molecule has 0 radical (unpaired) electrons. The number of fused-ring (bicyclic) bond motifs is 2. The fourth-order valence-electron chi connectivity index (χ4n) is 7.44. The Morgan fingerprint density at radius 1 is 1.23 bits per heavy atom. The Labute approximate surface area is 230 Å². The number of halogens is 1. The standard InChI is InChI=1S/C30H31FN4O5/c1-15(28-33-16(2)27(39)26(34-28)29(40)32-13-24(37)38)30(25-17-3-5-21(25)22(31)12-17)19-7-9-35(10-8-19)23-6-4-20(30)11-18(23)14-36/h3-6,11-12,15,19,25,36,39H,7-10,13-14H2,1-2H3,(H,32,40)(H,37,38). The number of allylic oxidation sites excluding steroid dienone is 6. The smallest absolute Gasteiger partial charge is 0.322 e. The topological polar surface area (TPSA) is 136 Å². The monoisotopic (exact) mass is 546 g/mol. The number of hydrogen-bond acceptors (Lipinski definition) is 7. The van der Waals surface area contributed by atoms with Gasteiger partial charge in [-0.3, -0.25) is 9.59 Å². The summed E-state index contributed by atoms with van der Waals surface area (Å²) >= 11 is 0. The van der Waals surface area contributed by atoms with Gasteiger partial charge < -0.3 is 25.5 Å². The van der Waals surface area contributed by atoms with Crippen molar-refractivity contribution in [3.63, 3.8) is 0 Å². The van der Waals surface area contributed by atoms with Crippen molar-refractivity contribution in [1.29, 1.82) is 0 Å². The maximum atomic E-state index is 15.3. The number of carboxylic acid groups (broad SMARTS) is 1. The summed E-state index contributed by atoms with van der Waals surface area (Å²) in [5.74, 6) is -3.11. The number of rotatable bonds is 7. The van der Waals surface area contributed by atoms with E-state index >= 15 is 4.39 Å². The highest BCUT2D eigenvalue weighted by molar-refractivity contribution is 5.96. The lowest BCUT2D eigenvalue weighted by Crippen LogP contribution is -2.50. The number of hydrogen-bond donors (Lipinski definition) is 4. The fraction of sp³-hybridized carbons (Fsp3) is 0.400. The number of nitrogens with one attached hydrogen (secondary N) is 1. The highest BCUT2D eigenvalue weighted by Gasteiger charge is 2.57. The number of aliphatic hydroxyl groups is 1. The van der Waals surface area contributed by atoms with Crippen LogP contribution in [0.1, 0.15) is 58.8 Å². The van der Waals surface area contributed by atoms with Gasteiger partial charge in [0, 0.05) is 41.6 Å². The lowest BCUT2D eigenvalue weighted by Gasteiger charge is -2.51. The van der Waals surface area contributed by atoms with Crippen molar-refractivity contribution in [2.24, 2.45) is 11.8 Å². The summed E-state index contributed by atoms with van der Waals surface area (Å²) in [5, 5.41) is 32.3. The Morgan fingerprint density at radius 2 is 1.98 bits per heavy atom. The molecule has 0 spiro atoms. The molecule has 9 nitrogen and oxygen atoms in total. The van der Waals surface area contributed by atoms with Gasteiger partial charge >= 0.3 is 5.97 Å². The summed E-state index contributed by atoms with van der Waals surface area (Å²) in [6.07, 6.45) is 7.03. The molecule has 5 aliphatic heterocycles. The van der Waals surface area contributed by atoms with Crippen LogP contribution in [0.15, 0.2) is 53.4 Å². The maximum Gasteiger partial charge on any atom is 0.322 e. The van der Waals surface area contributed by atoms with Crippen molar-refractivity contribution in [3.8, 4) is 5.75 Å². The molecule has 2 aromatic rings. The van der Waals surface area contributed by atoms with Gasteiger partial charge in [-0.2, -0.15) is 0 Å². The number of aliphatic carboxylic acids is 1. The second-order valence-electron chi connectivity index (χ2n) is 11.1. The van der Waals surface area contributed by atoms with Gasteiger partial charge in [-0.15, -0.1) is 0 Å². The zero-order valence-electron chi connectivity index (χ0n) is 22.3. The van der Waals surface area contributed by atoms with Crippen LogP contribution < -0.4 is 10.2 Å². The Morgan fingerprint density at radius 3 is 2.60 bits per heavy atom. The molecule has 6 bridgehead atoms. The molecule has 2 aliphatic carbocycles. The molecule has 0 saturated carbocycles. The van der Waals surface area contributed by atoms with Crippen LogP contribution in [0.2, 0.25) is 0 Å². The van der Waals surface area contributed by atoms with E-state index in [2.05, 4.69) is 26.3 Å². The molecule has 1 saturated heterocycles. The largest absolute Gasteiger partial charge is 0.504 e. The van der Waals surface area contributed by atoms with E-state index in [4.69, 9.17) is 5.11 Å². The molecular formula is C30H31FN4O5. The van der Waals surface area contributed by atoms with Crippen LogP contribution in [-0.4, -0.2) is 56.8 Å². The van der Waals surface area contributed by atoms with E-state index in [-0.39, 0.29) is 35.7 Å². The third-order valence-electron chi connectivity index (χ3n) is 9.20. The number of amides is 1. The molecule has 10 heteroatoms. The van der Waals surface area contributed by atoms with Gasteiger partial charge in [0.2, 0.25) is 0 Å². The number of aromatic nitrogens is 2. The number of aliphatic hydroxyl groups excluding tert-OH is 1. The molecule has 7 aliphatic rings. The van der Waals surface area contributed by atoms with Gasteiger partial charge in [-0.05, 0) is 54.5 Å². The first kappa shape index (κ1) is 26.2. The summed E-state index contributed by atoms with van der Waals surface area (Å²) < 4.78 is 15.3. The van der Waals surface area contributed by atoms with Gasteiger partial charge in [-0.1, -0.05) is 31.2 Å². The molecule has 1 aromatic carbocycles. The van der Waals surface area contributed by atoms with Crippen LogP contribution in [0.4, 0.5) is 10.1 Å². The number of anilines is 1. The molecule has 6 heterocycles. The Bertz CT molecular complexity index is 1520. The molecule has 3 unspecified atom stereocenters. The van der Waals surface area contributed by atoms with Crippen molar-refractivity contribution in [2.45, 2.75) is 44.6 Å². The van der Waals surface area contributed by atoms with Gasteiger partial charge in [-0.25, -0.2) is 14.4 Å². The highest BCUT2D eigenvalue weighted by atomic mass is 19.1. The van der Waals surface area contributed by atoms with Crippen LogP contribution in [0.25, 0.3) is 0 Å². The Balaban J connectivity index is 1.58. The number of carbonyl (C=O) groups excluding carboxylic acids is 1. The Kier molecular flexibility index (Phi) is 6.25. The number of aromatic hydroxyl groups is 1. The number of piperidine rings is 1. The average Bonchev–Trinajstić information content (AvgIpc) is 3.54. The minimum atomic E-state index is -1.22. The van der Waals surface area contributed by atoms with Gasteiger partial charge in [0.15, 0.2) is 11.4 Å². The number of nitrogens with zero attached hydrogens (tertiary/aromatic N) is 3. The summed E-state index contributed by atoms with van der Waals surface area (Å²) in [6, 6.07) is 6.12. The average molecular weight is 547 g/mol. The predicted molar refractivity (Wildman–Crippen MR) is 145 cm³/mol. The first-order valence-corrected chi connectivity index (χ1v) is 13.5. The minimum absolute atomic E-state index is 0.0863. The number of carboxylic acids is 1. The van der Waals surface area contributed by atoms with E-state index < -0.39 is 35.5 Å². The number of carbonyl (C=O) groups is 2. The third kappa shape index (κ3) is 3.76. The highest BCUT2D eigenvalue weighted by Crippen LogP contribution is 2.62. The predicted octanol–water partition coefficient (Wildman–Crippen LogP) is 3.42. The van der Waals surface area contributed by atoms with E-state index in [1.165, 1.54) is 0 Å². The molecule has 208 valence electrons. The van der Waals surface area contributed by atoms with E-state index in [0.29, 0.717) is 11.4 Å². The van der Waals surface area contributed by atoms with Crippen LogP contribution in [0, 0.1) is 18.8 Å². The van der Waals surface area contributed by atoms with Crippen molar-refractivity contribution in [2.75, 3.05) is 24.5 Å². The van der Waals surface area contributed by atoms with E-state index in [0.717, 1.165) is 48.3 Å². The van der Waals surface area contributed by atoms with Gasteiger partial charge in [0.25, 0.3) is 5.91 Å².